The molecule has 3 nitrogen and oxygen atoms in total. The molecule has 0 bridgehead atoms. The average molecular weight is 246 g/mol. The standard InChI is InChI=1S/C15H22N2O/c18-15-7-9-17(12-15)14-6-8-16(11-14)10-13-4-2-1-3-5-13/h1-5,14-15,18H,6-12H2. The van der Waals surface area contributed by atoms with Crippen molar-refractivity contribution in [3.05, 3.63) is 35.9 Å². The number of β-amino-alcohol motifs (C(OH)–C–C–N with tert-alkyl or cyclic N) is 1. The summed E-state index contributed by atoms with van der Waals surface area (Å²) in [6.45, 7) is 5.36. The zero-order chi connectivity index (χ0) is 12.4. The predicted octanol–water partition coefficient (Wildman–Crippen LogP) is 1.33. The molecule has 1 N–H and O–H groups in total. The normalized spacial score (nSPS) is 30.1. The maximum Gasteiger partial charge on any atom is 0.0679 e. The van der Waals surface area contributed by atoms with Gasteiger partial charge in [-0.05, 0) is 18.4 Å². The second kappa shape index (κ2) is 5.39. The number of aliphatic hydroxyl groups is 1. The smallest absolute Gasteiger partial charge is 0.0679 e. The van der Waals surface area contributed by atoms with Gasteiger partial charge < -0.3 is 5.11 Å². The van der Waals surface area contributed by atoms with Gasteiger partial charge in [0.15, 0.2) is 0 Å². The van der Waals surface area contributed by atoms with Crippen molar-refractivity contribution in [2.45, 2.75) is 31.5 Å². The van der Waals surface area contributed by atoms with Crippen LogP contribution in [-0.4, -0.2) is 53.2 Å². The van der Waals surface area contributed by atoms with Gasteiger partial charge in [-0.15, -0.1) is 0 Å². The predicted molar refractivity (Wildman–Crippen MR) is 72.3 cm³/mol. The van der Waals surface area contributed by atoms with Crippen LogP contribution < -0.4 is 0 Å². The Balaban J connectivity index is 1.52. The van der Waals surface area contributed by atoms with Crippen LogP contribution in [0.25, 0.3) is 0 Å². The number of nitrogens with zero attached hydrogens (tertiary/aromatic N) is 2. The molecule has 2 saturated heterocycles. The minimum atomic E-state index is -0.0897. The highest BCUT2D eigenvalue weighted by atomic mass is 16.3. The molecule has 2 aliphatic heterocycles. The Labute approximate surface area is 109 Å². The van der Waals surface area contributed by atoms with E-state index in [0.29, 0.717) is 6.04 Å². The van der Waals surface area contributed by atoms with Gasteiger partial charge in [0.25, 0.3) is 0 Å². The highest BCUT2D eigenvalue weighted by Gasteiger charge is 2.31. The number of rotatable bonds is 3. The van der Waals surface area contributed by atoms with Gasteiger partial charge in [-0.3, -0.25) is 9.80 Å². The van der Waals surface area contributed by atoms with Crippen LogP contribution in [0.4, 0.5) is 0 Å². The average Bonchev–Trinajstić information content (AvgIpc) is 2.99. The van der Waals surface area contributed by atoms with E-state index in [-0.39, 0.29) is 6.10 Å². The molecular formula is C15H22N2O. The quantitative estimate of drug-likeness (QED) is 0.871. The Bertz CT molecular complexity index is 381. The molecule has 0 radical (unpaired) electrons. The van der Waals surface area contributed by atoms with Gasteiger partial charge in [0, 0.05) is 38.8 Å². The first-order valence-electron chi connectivity index (χ1n) is 6.99. The first-order valence-corrected chi connectivity index (χ1v) is 6.99. The molecule has 0 spiro atoms. The van der Waals surface area contributed by atoms with Crippen LogP contribution in [0.5, 0.6) is 0 Å². The van der Waals surface area contributed by atoms with Gasteiger partial charge >= 0.3 is 0 Å². The molecule has 3 heteroatoms. The summed E-state index contributed by atoms with van der Waals surface area (Å²) in [6, 6.07) is 11.4. The topological polar surface area (TPSA) is 26.7 Å². The Morgan fingerprint density at radius 1 is 1.06 bits per heavy atom. The molecule has 0 aliphatic carbocycles. The van der Waals surface area contributed by atoms with Gasteiger partial charge in [-0.1, -0.05) is 30.3 Å². The zero-order valence-corrected chi connectivity index (χ0v) is 10.8. The largest absolute Gasteiger partial charge is 0.392 e. The van der Waals surface area contributed by atoms with E-state index in [4.69, 9.17) is 0 Å². The summed E-state index contributed by atoms with van der Waals surface area (Å²) in [5.74, 6) is 0. The second-order valence-corrected chi connectivity index (χ2v) is 5.60. The third-order valence-corrected chi connectivity index (χ3v) is 4.21. The van der Waals surface area contributed by atoms with Gasteiger partial charge in [0.2, 0.25) is 0 Å². The fourth-order valence-corrected chi connectivity index (χ4v) is 3.20. The van der Waals surface area contributed by atoms with Crippen LogP contribution in [0.3, 0.4) is 0 Å². The van der Waals surface area contributed by atoms with Crippen molar-refractivity contribution in [1.82, 2.24) is 9.80 Å². The minimum Gasteiger partial charge on any atom is -0.392 e. The van der Waals surface area contributed by atoms with Crippen LogP contribution in [-0.2, 0) is 6.54 Å². The van der Waals surface area contributed by atoms with E-state index >= 15 is 0 Å². The molecule has 2 unspecified atom stereocenters. The molecule has 1 aromatic carbocycles. The van der Waals surface area contributed by atoms with Crippen LogP contribution in [0.2, 0.25) is 0 Å². The molecule has 98 valence electrons. The van der Waals surface area contributed by atoms with Crippen molar-refractivity contribution in [1.29, 1.82) is 0 Å². The Hall–Kier alpha value is -0.900. The van der Waals surface area contributed by atoms with Gasteiger partial charge in [-0.2, -0.15) is 0 Å². The van der Waals surface area contributed by atoms with E-state index in [1.165, 1.54) is 18.5 Å². The maximum absolute atomic E-state index is 9.61. The lowest BCUT2D eigenvalue weighted by atomic mass is 10.2. The molecule has 0 amide bonds. The lowest BCUT2D eigenvalue weighted by Crippen LogP contribution is -2.36. The molecular weight excluding hydrogens is 224 g/mol. The highest BCUT2D eigenvalue weighted by Crippen LogP contribution is 2.21. The van der Waals surface area contributed by atoms with Crippen LogP contribution >= 0.6 is 0 Å². The third kappa shape index (κ3) is 2.74. The first kappa shape index (κ1) is 12.2. The van der Waals surface area contributed by atoms with E-state index < -0.39 is 0 Å². The molecule has 2 heterocycles. The van der Waals surface area contributed by atoms with Gasteiger partial charge in [0.1, 0.15) is 0 Å². The first-order chi connectivity index (χ1) is 8.81. The van der Waals surface area contributed by atoms with Crippen LogP contribution in [0.15, 0.2) is 30.3 Å². The minimum absolute atomic E-state index is 0.0897. The second-order valence-electron chi connectivity index (χ2n) is 5.60. The van der Waals surface area contributed by atoms with Crippen molar-refractivity contribution < 1.29 is 5.11 Å². The summed E-state index contributed by atoms with van der Waals surface area (Å²) >= 11 is 0. The maximum atomic E-state index is 9.61. The molecule has 0 saturated carbocycles. The van der Waals surface area contributed by atoms with Crippen molar-refractivity contribution in [3.63, 3.8) is 0 Å². The molecule has 2 atom stereocenters. The Morgan fingerprint density at radius 3 is 2.61 bits per heavy atom. The third-order valence-electron chi connectivity index (χ3n) is 4.21. The number of aliphatic hydroxyl groups excluding tert-OH is 1. The molecule has 3 rings (SSSR count). The lowest BCUT2D eigenvalue weighted by molar-refractivity contribution is 0.158. The summed E-state index contributed by atoms with van der Waals surface area (Å²) in [6.07, 6.45) is 2.11. The fraction of sp³-hybridized carbons (Fsp3) is 0.600. The molecule has 18 heavy (non-hydrogen) atoms. The summed E-state index contributed by atoms with van der Waals surface area (Å²) in [5.41, 5.74) is 1.40. The number of hydrogen-bond donors (Lipinski definition) is 1. The zero-order valence-electron chi connectivity index (χ0n) is 10.8. The SMILES string of the molecule is OC1CCN(C2CCN(Cc3ccccc3)C2)C1. The van der Waals surface area contributed by atoms with E-state index in [1.807, 2.05) is 0 Å². The van der Waals surface area contributed by atoms with E-state index in [2.05, 4.69) is 40.1 Å². The van der Waals surface area contributed by atoms with Gasteiger partial charge in [-0.25, -0.2) is 0 Å². The number of hydrogen-bond acceptors (Lipinski definition) is 3. The highest BCUT2D eigenvalue weighted by molar-refractivity contribution is 5.14. The molecule has 1 aromatic rings. The molecule has 2 aliphatic rings. The van der Waals surface area contributed by atoms with Crippen LogP contribution in [0, 0.1) is 0 Å². The van der Waals surface area contributed by atoms with E-state index in [1.54, 1.807) is 0 Å². The van der Waals surface area contributed by atoms with Crippen molar-refractivity contribution in [3.8, 4) is 0 Å². The van der Waals surface area contributed by atoms with Crippen LogP contribution in [0.1, 0.15) is 18.4 Å². The monoisotopic (exact) mass is 246 g/mol. The fourth-order valence-electron chi connectivity index (χ4n) is 3.20. The number of benzene rings is 1. The Morgan fingerprint density at radius 2 is 1.89 bits per heavy atom. The summed E-state index contributed by atoms with van der Waals surface area (Å²) in [5, 5.41) is 9.61. The Kier molecular flexibility index (Phi) is 3.64. The number of likely N-dealkylation sites (tertiary alicyclic amines) is 2. The van der Waals surface area contributed by atoms with Gasteiger partial charge in [0.05, 0.1) is 6.10 Å². The lowest BCUT2D eigenvalue weighted by Gasteiger charge is -2.23. The molecule has 2 fully saturated rings. The molecule has 0 aromatic heterocycles. The van der Waals surface area contributed by atoms with E-state index in [9.17, 15) is 5.11 Å². The van der Waals surface area contributed by atoms with Crippen molar-refractivity contribution >= 4 is 0 Å². The summed E-state index contributed by atoms with van der Waals surface area (Å²) in [4.78, 5) is 5.00. The van der Waals surface area contributed by atoms with E-state index in [0.717, 1.165) is 32.6 Å². The summed E-state index contributed by atoms with van der Waals surface area (Å²) in [7, 11) is 0. The summed E-state index contributed by atoms with van der Waals surface area (Å²) < 4.78 is 0. The van der Waals surface area contributed by atoms with Crippen molar-refractivity contribution in [2.75, 3.05) is 26.2 Å². The van der Waals surface area contributed by atoms with Crippen molar-refractivity contribution in [2.24, 2.45) is 0 Å².